The Bertz CT molecular complexity index is 683. The molecule has 1 aliphatic rings. The molecule has 1 aromatic rings. The monoisotopic (exact) mass is 354 g/mol. The third kappa shape index (κ3) is 4.76. The number of carbonyl (C=O) groups excluding carboxylic acids is 1. The number of anilines is 1. The van der Waals surface area contributed by atoms with E-state index in [1.807, 2.05) is 0 Å². The Kier molecular flexibility index (Phi) is 6.34. The molecule has 0 radical (unpaired) electrons. The number of nitrogens with one attached hydrogen (secondary N) is 2. The van der Waals surface area contributed by atoms with Crippen LogP contribution in [0.3, 0.4) is 0 Å². The highest BCUT2D eigenvalue weighted by molar-refractivity contribution is 7.89. The van der Waals surface area contributed by atoms with Gasteiger partial charge >= 0.3 is 0 Å². The van der Waals surface area contributed by atoms with Crippen molar-refractivity contribution in [1.82, 2.24) is 14.5 Å². The Hall–Kier alpha value is -1.48. The van der Waals surface area contributed by atoms with E-state index in [0.29, 0.717) is 17.8 Å². The molecule has 0 unspecified atom stereocenters. The van der Waals surface area contributed by atoms with Gasteiger partial charge in [-0.2, -0.15) is 0 Å². The maximum atomic E-state index is 12.2. The molecule has 1 aliphatic heterocycles. The van der Waals surface area contributed by atoms with Gasteiger partial charge in [0.25, 0.3) is 0 Å². The van der Waals surface area contributed by atoms with E-state index in [0.717, 1.165) is 32.7 Å². The summed E-state index contributed by atoms with van der Waals surface area (Å²) in [5, 5.41) is 2.79. The second kappa shape index (κ2) is 8.06. The zero-order valence-electron chi connectivity index (χ0n) is 14.5. The molecule has 0 atom stereocenters. The minimum absolute atomic E-state index is 0.128. The van der Waals surface area contributed by atoms with Crippen LogP contribution >= 0.6 is 0 Å². The maximum Gasteiger partial charge on any atom is 0.240 e. The SMILES string of the molecule is CCN1CCN(CC(=O)Nc2ccc(C)c(S(=O)(=O)NC)c2)CC1. The van der Waals surface area contributed by atoms with Gasteiger partial charge in [-0.1, -0.05) is 13.0 Å². The average molecular weight is 354 g/mol. The van der Waals surface area contributed by atoms with Gasteiger partial charge < -0.3 is 10.2 Å². The lowest BCUT2D eigenvalue weighted by molar-refractivity contribution is -0.117. The van der Waals surface area contributed by atoms with E-state index < -0.39 is 10.0 Å². The molecule has 24 heavy (non-hydrogen) atoms. The number of piperazine rings is 1. The molecule has 0 aromatic heterocycles. The van der Waals surface area contributed by atoms with Crippen LogP contribution in [0, 0.1) is 6.92 Å². The first-order valence-electron chi connectivity index (χ1n) is 8.14. The van der Waals surface area contributed by atoms with Crippen molar-refractivity contribution in [2.45, 2.75) is 18.7 Å². The molecule has 1 saturated heterocycles. The van der Waals surface area contributed by atoms with E-state index in [9.17, 15) is 13.2 Å². The molecule has 134 valence electrons. The Balaban J connectivity index is 1.98. The summed E-state index contributed by atoms with van der Waals surface area (Å²) < 4.78 is 26.3. The molecule has 2 rings (SSSR count). The van der Waals surface area contributed by atoms with Crippen LogP contribution in [0.4, 0.5) is 5.69 Å². The minimum Gasteiger partial charge on any atom is -0.325 e. The van der Waals surface area contributed by atoms with Gasteiger partial charge in [-0.3, -0.25) is 9.69 Å². The Labute approximate surface area is 144 Å². The fourth-order valence-corrected chi connectivity index (χ4v) is 3.74. The van der Waals surface area contributed by atoms with Crippen molar-refractivity contribution in [2.24, 2.45) is 0 Å². The van der Waals surface area contributed by atoms with E-state index in [1.54, 1.807) is 19.1 Å². The Morgan fingerprint density at radius 3 is 2.38 bits per heavy atom. The number of likely N-dealkylation sites (N-methyl/N-ethyl adjacent to an activating group) is 1. The van der Waals surface area contributed by atoms with Gasteiger partial charge in [0.1, 0.15) is 0 Å². The van der Waals surface area contributed by atoms with Crippen LogP contribution in [0.5, 0.6) is 0 Å². The van der Waals surface area contributed by atoms with E-state index in [2.05, 4.69) is 26.8 Å². The molecule has 7 nitrogen and oxygen atoms in total. The summed E-state index contributed by atoms with van der Waals surface area (Å²) in [6, 6.07) is 4.91. The van der Waals surface area contributed by atoms with Crippen LogP contribution in [0.15, 0.2) is 23.1 Å². The molecule has 8 heteroatoms. The highest BCUT2D eigenvalue weighted by Gasteiger charge is 2.19. The van der Waals surface area contributed by atoms with Gasteiger partial charge in [0.15, 0.2) is 0 Å². The number of hydrogen-bond donors (Lipinski definition) is 2. The third-order valence-corrected chi connectivity index (χ3v) is 5.87. The molecular weight excluding hydrogens is 328 g/mol. The number of hydrogen-bond acceptors (Lipinski definition) is 5. The average Bonchev–Trinajstić information content (AvgIpc) is 2.57. The van der Waals surface area contributed by atoms with Crippen LogP contribution in [-0.2, 0) is 14.8 Å². The van der Waals surface area contributed by atoms with Gasteiger partial charge in [-0.05, 0) is 38.2 Å². The van der Waals surface area contributed by atoms with Gasteiger partial charge in [0.05, 0.1) is 11.4 Å². The molecule has 2 N–H and O–H groups in total. The van der Waals surface area contributed by atoms with E-state index in [1.165, 1.54) is 13.1 Å². The van der Waals surface area contributed by atoms with Crippen molar-refractivity contribution in [1.29, 1.82) is 0 Å². The predicted octanol–water partition coefficient (Wildman–Crippen LogP) is 0.479. The number of rotatable bonds is 6. The second-order valence-electron chi connectivity index (χ2n) is 5.95. The highest BCUT2D eigenvalue weighted by atomic mass is 32.2. The number of benzene rings is 1. The lowest BCUT2D eigenvalue weighted by Gasteiger charge is -2.33. The van der Waals surface area contributed by atoms with Crippen LogP contribution in [0.2, 0.25) is 0 Å². The normalized spacial score (nSPS) is 17.0. The quantitative estimate of drug-likeness (QED) is 0.777. The number of aryl methyl sites for hydroxylation is 1. The molecule has 1 aromatic carbocycles. The first-order valence-corrected chi connectivity index (χ1v) is 9.62. The molecular formula is C16H26N4O3S. The first-order chi connectivity index (χ1) is 11.4. The van der Waals surface area contributed by atoms with Crippen molar-refractivity contribution < 1.29 is 13.2 Å². The second-order valence-corrected chi connectivity index (χ2v) is 7.80. The van der Waals surface area contributed by atoms with Gasteiger partial charge in [0.2, 0.25) is 15.9 Å². The largest absolute Gasteiger partial charge is 0.325 e. The van der Waals surface area contributed by atoms with Crippen LogP contribution in [-0.4, -0.2) is 70.4 Å². The van der Waals surface area contributed by atoms with Gasteiger partial charge in [-0.15, -0.1) is 0 Å². The Morgan fingerprint density at radius 1 is 1.17 bits per heavy atom. The van der Waals surface area contributed by atoms with Gasteiger partial charge in [0, 0.05) is 31.9 Å². The fraction of sp³-hybridized carbons (Fsp3) is 0.562. The van der Waals surface area contributed by atoms with Crippen molar-refractivity contribution in [3.63, 3.8) is 0 Å². The number of nitrogens with zero attached hydrogens (tertiary/aromatic N) is 2. The molecule has 1 amide bonds. The van der Waals surface area contributed by atoms with Crippen LogP contribution < -0.4 is 10.0 Å². The van der Waals surface area contributed by atoms with E-state index in [-0.39, 0.29) is 10.8 Å². The molecule has 0 spiro atoms. The standard InChI is InChI=1S/C16H26N4O3S/c1-4-19-7-9-20(10-8-19)12-16(21)18-14-6-5-13(2)15(11-14)24(22,23)17-3/h5-6,11,17H,4,7-10,12H2,1-3H3,(H,18,21). The molecule has 0 saturated carbocycles. The Morgan fingerprint density at radius 2 is 1.79 bits per heavy atom. The van der Waals surface area contributed by atoms with E-state index >= 15 is 0 Å². The van der Waals surface area contributed by atoms with Crippen LogP contribution in [0.1, 0.15) is 12.5 Å². The molecule has 0 aliphatic carbocycles. The zero-order valence-corrected chi connectivity index (χ0v) is 15.3. The number of amides is 1. The van der Waals surface area contributed by atoms with Crippen molar-refractivity contribution in [2.75, 3.05) is 51.6 Å². The molecule has 1 heterocycles. The van der Waals surface area contributed by atoms with Crippen LogP contribution in [0.25, 0.3) is 0 Å². The fourth-order valence-electron chi connectivity index (χ4n) is 2.74. The summed E-state index contributed by atoms with van der Waals surface area (Å²) in [4.78, 5) is 16.9. The smallest absolute Gasteiger partial charge is 0.240 e. The summed E-state index contributed by atoms with van der Waals surface area (Å²) in [6.45, 7) is 8.89. The summed E-state index contributed by atoms with van der Waals surface area (Å²) in [7, 11) is -2.17. The lowest BCUT2D eigenvalue weighted by Crippen LogP contribution is -2.48. The summed E-state index contributed by atoms with van der Waals surface area (Å²) in [5.74, 6) is -0.128. The van der Waals surface area contributed by atoms with Crippen molar-refractivity contribution in [3.8, 4) is 0 Å². The maximum absolute atomic E-state index is 12.2. The summed E-state index contributed by atoms with van der Waals surface area (Å²) in [5.41, 5.74) is 1.13. The van der Waals surface area contributed by atoms with Gasteiger partial charge in [-0.25, -0.2) is 13.1 Å². The number of carbonyl (C=O) groups is 1. The highest BCUT2D eigenvalue weighted by Crippen LogP contribution is 2.20. The summed E-state index contributed by atoms with van der Waals surface area (Å²) >= 11 is 0. The minimum atomic E-state index is -3.54. The van der Waals surface area contributed by atoms with Crippen molar-refractivity contribution >= 4 is 21.6 Å². The topological polar surface area (TPSA) is 81.8 Å². The number of sulfonamides is 1. The third-order valence-electron chi connectivity index (χ3n) is 4.31. The molecule has 0 bridgehead atoms. The zero-order chi connectivity index (χ0) is 17.7. The molecule has 1 fully saturated rings. The van der Waals surface area contributed by atoms with Crippen molar-refractivity contribution in [3.05, 3.63) is 23.8 Å². The lowest BCUT2D eigenvalue weighted by atomic mass is 10.2. The van der Waals surface area contributed by atoms with E-state index in [4.69, 9.17) is 0 Å². The first kappa shape index (κ1) is 18.9. The summed E-state index contributed by atoms with van der Waals surface area (Å²) in [6.07, 6.45) is 0. The predicted molar refractivity (Wildman–Crippen MR) is 94.6 cm³/mol.